The van der Waals surface area contributed by atoms with Crippen LogP contribution in [0.25, 0.3) is 11.0 Å². The molecule has 36 heavy (non-hydrogen) atoms. The Kier molecular flexibility index (Phi) is 7.20. The molecule has 0 aliphatic carbocycles. The first kappa shape index (κ1) is 25.5. The van der Waals surface area contributed by atoms with Crippen LogP contribution in [0.5, 0.6) is 0 Å². The molecule has 1 aromatic carbocycles. The summed E-state index contributed by atoms with van der Waals surface area (Å²) >= 11 is 0. The van der Waals surface area contributed by atoms with Crippen LogP contribution in [0.3, 0.4) is 0 Å². The van der Waals surface area contributed by atoms with Gasteiger partial charge in [0.1, 0.15) is 5.82 Å². The van der Waals surface area contributed by atoms with E-state index in [1.165, 1.54) is 4.80 Å². The Morgan fingerprint density at radius 2 is 1.83 bits per heavy atom. The largest absolute Gasteiger partial charge is 0.416 e. The number of hydrogen-bond donors (Lipinski definition) is 1. The molecule has 9 nitrogen and oxygen atoms in total. The van der Waals surface area contributed by atoms with E-state index < -0.39 is 17.6 Å². The number of aryl methyl sites for hydroxylation is 3. The van der Waals surface area contributed by atoms with Crippen molar-refractivity contribution >= 4 is 17.0 Å². The van der Waals surface area contributed by atoms with E-state index >= 15 is 0 Å². The zero-order valence-corrected chi connectivity index (χ0v) is 20.4. The van der Waals surface area contributed by atoms with Crippen LogP contribution in [0.1, 0.15) is 41.9 Å². The molecule has 0 spiro atoms. The molecule has 13 heteroatoms. The van der Waals surface area contributed by atoms with Gasteiger partial charge in [-0.15, -0.1) is 5.10 Å². The molecule has 1 N–H and O–H groups in total. The van der Waals surface area contributed by atoms with Gasteiger partial charge in [0, 0.05) is 31.6 Å². The lowest BCUT2D eigenvalue weighted by Crippen LogP contribution is -2.26. The maximum atomic E-state index is 14.1. The van der Waals surface area contributed by atoms with Crippen molar-refractivity contribution in [3.63, 3.8) is 0 Å². The van der Waals surface area contributed by atoms with E-state index in [1.54, 1.807) is 11.9 Å². The molecule has 0 atom stereocenters. The highest BCUT2D eigenvalue weighted by Crippen LogP contribution is 2.31. The number of halogens is 4. The van der Waals surface area contributed by atoms with Crippen molar-refractivity contribution < 1.29 is 17.6 Å². The minimum atomic E-state index is -4.67. The third-order valence-electron chi connectivity index (χ3n) is 5.72. The van der Waals surface area contributed by atoms with Crippen molar-refractivity contribution in [1.82, 2.24) is 40.3 Å². The standard InChI is InChI=1S/C23H27F4N9/c1-5-28-11-20-16(9-19-14(3)31-36(6-2)21(19)29-20)13-35(22-30-33-34(4)32-22)12-15-7-17(23(25,26)27)10-18(24)8-15/h7-10,28H,5-6,11-13H2,1-4H3. The van der Waals surface area contributed by atoms with Gasteiger partial charge in [-0.25, -0.2) is 14.1 Å². The van der Waals surface area contributed by atoms with Crippen molar-refractivity contribution in [2.24, 2.45) is 7.05 Å². The zero-order chi connectivity index (χ0) is 26.0. The third kappa shape index (κ3) is 5.45. The minimum Gasteiger partial charge on any atom is -0.329 e. The molecule has 0 fully saturated rings. The Morgan fingerprint density at radius 3 is 2.47 bits per heavy atom. The van der Waals surface area contributed by atoms with Gasteiger partial charge < -0.3 is 10.2 Å². The van der Waals surface area contributed by atoms with Gasteiger partial charge in [-0.3, -0.25) is 0 Å². The number of pyridine rings is 1. The lowest BCUT2D eigenvalue weighted by Gasteiger charge is -2.23. The summed E-state index contributed by atoms with van der Waals surface area (Å²) in [4.78, 5) is 7.77. The van der Waals surface area contributed by atoms with Gasteiger partial charge in [0.15, 0.2) is 5.65 Å². The van der Waals surface area contributed by atoms with E-state index in [-0.39, 0.29) is 24.6 Å². The topological polar surface area (TPSA) is 89.6 Å². The summed E-state index contributed by atoms with van der Waals surface area (Å²) < 4.78 is 55.9. The maximum absolute atomic E-state index is 14.1. The van der Waals surface area contributed by atoms with E-state index in [0.717, 1.165) is 46.7 Å². The number of nitrogens with one attached hydrogen (secondary N) is 1. The number of benzene rings is 1. The van der Waals surface area contributed by atoms with Crippen molar-refractivity contribution in [2.45, 2.75) is 53.1 Å². The number of nitrogens with zero attached hydrogens (tertiary/aromatic N) is 8. The molecule has 4 aromatic rings. The highest BCUT2D eigenvalue weighted by Gasteiger charge is 2.31. The summed E-state index contributed by atoms with van der Waals surface area (Å²) in [5, 5.41) is 20.9. The number of anilines is 1. The number of aromatic nitrogens is 7. The van der Waals surface area contributed by atoms with E-state index in [2.05, 4.69) is 25.8 Å². The molecular formula is C23H27F4N9. The molecule has 0 unspecified atom stereocenters. The van der Waals surface area contributed by atoms with Gasteiger partial charge in [0.05, 0.1) is 24.0 Å². The molecule has 0 radical (unpaired) electrons. The predicted octanol–water partition coefficient (Wildman–Crippen LogP) is 3.76. The van der Waals surface area contributed by atoms with Crippen LogP contribution in [0, 0.1) is 12.7 Å². The van der Waals surface area contributed by atoms with Crippen LogP contribution in [-0.2, 0) is 39.4 Å². The minimum absolute atomic E-state index is 0.0710. The average molecular weight is 506 g/mol. The lowest BCUT2D eigenvalue weighted by atomic mass is 10.1. The second-order valence-corrected chi connectivity index (χ2v) is 8.43. The first-order chi connectivity index (χ1) is 17.1. The molecule has 0 aliphatic heterocycles. The molecule has 0 saturated heterocycles. The Labute approximate surface area is 205 Å². The van der Waals surface area contributed by atoms with Gasteiger partial charge in [-0.05, 0) is 61.0 Å². The fourth-order valence-electron chi connectivity index (χ4n) is 4.01. The number of hydrogen-bond acceptors (Lipinski definition) is 7. The van der Waals surface area contributed by atoms with Crippen LogP contribution in [-0.4, -0.2) is 41.5 Å². The van der Waals surface area contributed by atoms with Crippen LogP contribution in [0.2, 0.25) is 0 Å². The maximum Gasteiger partial charge on any atom is 0.416 e. The van der Waals surface area contributed by atoms with Crippen molar-refractivity contribution in [3.8, 4) is 0 Å². The monoisotopic (exact) mass is 505 g/mol. The Morgan fingerprint density at radius 1 is 1.06 bits per heavy atom. The average Bonchev–Trinajstić information content (AvgIpc) is 3.38. The lowest BCUT2D eigenvalue weighted by molar-refractivity contribution is -0.137. The molecule has 192 valence electrons. The molecule has 3 aromatic heterocycles. The summed E-state index contributed by atoms with van der Waals surface area (Å²) in [6, 6.07) is 4.48. The summed E-state index contributed by atoms with van der Waals surface area (Å²) in [6.45, 7) is 7.88. The predicted molar refractivity (Wildman–Crippen MR) is 125 cm³/mol. The highest BCUT2D eigenvalue weighted by atomic mass is 19.4. The SMILES string of the molecule is CCNCc1nc2c(cc1CN(Cc1cc(F)cc(C(F)(F)F)c1)c1nnn(C)n1)c(C)nn2CC. The van der Waals surface area contributed by atoms with Crippen molar-refractivity contribution in [3.05, 3.63) is 58.2 Å². The zero-order valence-electron chi connectivity index (χ0n) is 20.4. The Balaban J connectivity index is 1.77. The van der Waals surface area contributed by atoms with Gasteiger partial charge >= 0.3 is 6.18 Å². The van der Waals surface area contributed by atoms with Crippen LogP contribution < -0.4 is 10.2 Å². The number of fused-ring (bicyclic) bond motifs is 1. The van der Waals surface area contributed by atoms with E-state index in [4.69, 9.17) is 4.98 Å². The quantitative estimate of drug-likeness (QED) is 0.347. The van der Waals surface area contributed by atoms with Crippen LogP contribution >= 0.6 is 0 Å². The number of alkyl halides is 3. The Bertz CT molecular complexity index is 1360. The fraction of sp³-hybridized carbons (Fsp3) is 0.435. The smallest absolute Gasteiger partial charge is 0.329 e. The molecule has 0 bridgehead atoms. The molecule has 0 aliphatic rings. The second kappa shape index (κ2) is 10.2. The molecule has 4 rings (SSSR count). The molecule has 0 amide bonds. The van der Waals surface area contributed by atoms with Gasteiger partial charge in [0.2, 0.25) is 0 Å². The first-order valence-corrected chi connectivity index (χ1v) is 11.5. The van der Waals surface area contributed by atoms with Gasteiger partial charge in [-0.2, -0.15) is 23.1 Å². The van der Waals surface area contributed by atoms with Crippen molar-refractivity contribution in [2.75, 3.05) is 11.4 Å². The molecule has 0 saturated carbocycles. The van der Waals surface area contributed by atoms with Crippen LogP contribution in [0.15, 0.2) is 24.3 Å². The van der Waals surface area contributed by atoms with Crippen molar-refractivity contribution in [1.29, 1.82) is 0 Å². The van der Waals surface area contributed by atoms with Crippen LogP contribution in [0.4, 0.5) is 23.5 Å². The second-order valence-electron chi connectivity index (χ2n) is 8.43. The normalized spacial score (nSPS) is 12.0. The summed E-state index contributed by atoms with van der Waals surface area (Å²) in [5.41, 5.74) is 2.25. The summed E-state index contributed by atoms with van der Waals surface area (Å²) in [6.07, 6.45) is -4.67. The van der Waals surface area contributed by atoms with Gasteiger partial charge in [0.25, 0.3) is 5.95 Å². The highest BCUT2D eigenvalue weighted by molar-refractivity contribution is 5.79. The van der Waals surface area contributed by atoms with E-state index in [0.29, 0.717) is 19.2 Å². The molecular weight excluding hydrogens is 478 g/mol. The van der Waals surface area contributed by atoms with E-state index in [9.17, 15) is 17.6 Å². The molecule has 3 heterocycles. The van der Waals surface area contributed by atoms with E-state index in [1.807, 2.05) is 31.5 Å². The first-order valence-electron chi connectivity index (χ1n) is 11.5. The Hall–Kier alpha value is -3.61. The van der Waals surface area contributed by atoms with Gasteiger partial charge in [-0.1, -0.05) is 12.0 Å². The summed E-state index contributed by atoms with van der Waals surface area (Å²) in [5.74, 6) is -0.767. The number of tetrazole rings is 1. The number of rotatable bonds is 9. The summed E-state index contributed by atoms with van der Waals surface area (Å²) in [7, 11) is 1.59. The fourth-order valence-corrected chi connectivity index (χ4v) is 4.01. The third-order valence-corrected chi connectivity index (χ3v) is 5.72.